The fourth-order valence-electron chi connectivity index (χ4n) is 0.261. The highest BCUT2D eigenvalue weighted by molar-refractivity contribution is 8.24. The van der Waals surface area contributed by atoms with Gasteiger partial charge >= 0.3 is 0 Å². The van der Waals surface area contributed by atoms with Gasteiger partial charge in [0.15, 0.2) is 0 Å². The topological polar surface area (TPSA) is 0 Å². The van der Waals surface area contributed by atoms with Crippen LogP contribution in [0.5, 0.6) is 0 Å². The average Bonchev–Trinajstić information content (AvgIpc) is 1.83. The first kappa shape index (κ1) is 8.86. The summed E-state index contributed by atoms with van der Waals surface area (Å²) in [6, 6.07) is 0. The molecule has 0 rings (SSSR count). The van der Waals surface area contributed by atoms with Crippen LogP contribution in [-0.2, 0) is 0 Å². The SMILES string of the molecule is C=C(C)/C=C\C(=C)SCl. The van der Waals surface area contributed by atoms with Gasteiger partial charge in [-0.25, -0.2) is 0 Å². The molecule has 0 saturated carbocycles. The number of allylic oxidation sites excluding steroid dienone is 3. The fraction of sp³-hybridized carbons (Fsp3) is 0.143. The van der Waals surface area contributed by atoms with Gasteiger partial charge in [0.2, 0.25) is 0 Å². The Balaban J connectivity index is 3.71. The van der Waals surface area contributed by atoms with E-state index in [2.05, 4.69) is 13.2 Å². The van der Waals surface area contributed by atoms with E-state index in [1.54, 1.807) is 0 Å². The van der Waals surface area contributed by atoms with Crippen molar-refractivity contribution in [3.8, 4) is 0 Å². The molecular formula is C7H9ClS. The Bertz CT molecular complexity index is 147. The number of hydrogen-bond donors (Lipinski definition) is 0. The first-order valence-corrected chi connectivity index (χ1v) is 4.12. The standard InChI is InChI=1S/C7H9ClS/c1-6(2)4-5-7(3)9-8/h4-5H,1,3H2,2H3/b5-4-. The fourth-order valence-corrected chi connectivity index (χ4v) is 0.535. The number of hydrogen-bond acceptors (Lipinski definition) is 1. The molecule has 9 heavy (non-hydrogen) atoms. The third-order valence-corrected chi connectivity index (χ3v) is 1.58. The van der Waals surface area contributed by atoms with E-state index in [-0.39, 0.29) is 0 Å². The van der Waals surface area contributed by atoms with E-state index >= 15 is 0 Å². The Labute approximate surface area is 64.8 Å². The monoisotopic (exact) mass is 160 g/mol. The van der Waals surface area contributed by atoms with Gasteiger partial charge in [0.05, 0.1) is 0 Å². The zero-order valence-electron chi connectivity index (χ0n) is 5.36. The van der Waals surface area contributed by atoms with E-state index in [1.165, 1.54) is 0 Å². The van der Waals surface area contributed by atoms with Crippen molar-refractivity contribution in [3.05, 3.63) is 35.8 Å². The molecule has 50 valence electrons. The number of halogens is 1. The summed E-state index contributed by atoms with van der Waals surface area (Å²) in [5.41, 5.74) is 1.00. The highest BCUT2D eigenvalue weighted by atomic mass is 35.7. The molecule has 0 bridgehead atoms. The molecule has 0 fully saturated rings. The smallest absolute Gasteiger partial charge is 0.0161 e. The maximum Gasteiger partial charge on any atom is 0.0161 e. The molecule has 0 unspecified atom stereocenters. The normalized spacial score (nSPS) is 10.0. The summed E-state index contributed by atoms with van der Waals surface area (Å²) in [4.78, 5) is 0.833. The summed E-state index contributed by atoms with van der Waals surface area (Å²) in [6.45, 7) is 9.25. The van der Waals surface area contributed by atoms with E-state index < -0.39 is 0 Å². The molecule has 2 heteroatoms. The van der Waals surface area contributed by atoms with Crippen LogP contribution in [0, 0.1) is 0 Å². The van der Waals surface area contributed by atoms with Crippen LogP contribution in [0.4, 0.5) is 0 Å². The Morgan fingerprint density at radius 2 is 2.00 bits per heavy atom. The maximum atomic E-state index is 5.37. The minimum Gasteiger partial charge on any atom is -0.0961 e. The van der Waals surface area contributed by atoms with E-state index in [0.717, 1.165) is 21.5 Å². The van der Waals surface area contributed by atoms with Gasteiger partial charge in [-0.15, -0.1) is 0 Å². The van der Waals surface area contributed by atoms with E-state index in [0.29, 0.717) is 0 Å². The summed E-state index contributed by atoms with van der Waals surface area (Å²) in [5.74, 6) is 0. The average molecular weight is 161 g/mol. The number of rotatable bonds is 3. The van der Waals surface area contributed by atoms with Gasteiger partial charge in [0.25, 0.3) is 0 Å². The molecule has 0 saturated heterocycles. The molecule has 0 heterocycles. The highest BCUT2D eigenvalue weighted by Gasteiger charge is 1.82. The van der Waals surface area contributed by atoms with Crippen molar-refractivity contribution >= 4 is 21.7 Å². The highest BCUT2D eigenvalue weighted by Crippen LogP contribution is 2.18. The molecule has 0 aliphatic carbocycles. The maximum absolute atomic E-state index is 5.37. The molecule has 0 aromatic heterocycles. The van der Waals surface area contributed by atoms with Crippen molar-refractivity contribution in [1.82, 2.24) is 0 Å². The third-order valence-electron chi connectivity index (χ3n) is 0.653. The molecule has 0 aromatic rings. The van der Waals surface area contributed by atoms with Crippen LogP contribution in [0.15, 0.2) is 35.8 Å². The van der Waals surface area contributed by atoms with Crippen molar-refractivity contribution in [1.29, 1.82) is 0 Å². The van der Waals surface area contributed by atoms with Crippen LogP contribution < -0.4 is 0 Å². The summed E-state index contributed by atoms with van der Waals surface area (Å²) in [7, 11) is 6.49. The molecule has 0 N–H and O–H groups in total. The lowest BCUT2D eigenvalue weighted by atomic mass is 10.3. The van der Waals surface area contributed by atoms with Crippen molar-refractivity contribution < 1.29 is 0 Å². The van der Waals surface area contributed by atoms with E-state index in [4.69, 9.17) is 10.7 Å². The van der Waals surface area contributed by atoms with Crippen LogP contribution >= 0.6 is 21.7 Å². The lowest BCUT2D eigenvalue weighted by Crippen LogP contribution is -1.62. The van der Waals surface area contributed by atoms with Crippen LogP contribution in [0.1, 0.15) is 6.92 Å². The second-order valence-corrected chi connectivity index (χ2v) is 2.86. The lowest BCUT2D eigenvalue weighted by Gasteiger charge is -1.87. The summed E-state index contributed by atoms with van der Waals surface area (Å²) in [5, 5.41) is 0. The van der Waals surface area contributed by atoms with Crippen LogP contribution in [0.3, 0.4) is 0 Å². The van der Waals surface area contributed by atoms with Gasteiger partial charge in [-0.1, -0.05) is 24.8 Å². The van der Waals surface area contributed by atoms with E-state index in [1.807, 2.05) is 19.1 Å². The Morgan fingerprint density at radius 3 is 2.33 bits per heavy atom. The largest absolute Gasteiger partial charge is 0.0961 e. The van der Waals surface area contributed by atoms with Crippen LogP contribution in [0.25, 0.3) is 0 Å². The molecule has 0 spiro atoms. The molecular weight excluding hydrogens is 152 g/mol. The third kappa shape index (κ3) is 5.74. The van der Waals surface area contributed by atoms with Gasteiger partial charge in [-0.2, -0.15) is 0 Å². The van der Waals surface area contributed by atoms with Crippen LogP contribution in [0.2, 0.25) is 0 Å². The summed E-state index contributed by atoms with van der Waals surface area (Å²) < 4.78 is 0. The second kappa shape index (κ2) is 4.71. The first-order valence-electron chi connectivity index (χ1n) is 2.48. The summed E-state index contributed by atoms with van der Waals surface area (Å²) in [6.07, 6.45) is 3.71. The molecule has 0 amide bonds. The minimum absolute atomic E-state index is 0.833. The predicted molar refractivity (Wildman–Crippen MR) is 46.5 cm³/mol. The molecule has 0 aromatic carbocycles. The zero-order chi connectivity index (χ0) is 7.28. The Morgan fingerprint density at radius 1 is 1.44 bits per heavy atom. The second-order valence-electron chi connectivity index (χ2n) is 1.72. The zero-order valence-corrected chi connectivity index (χ0v) is 6.93. The summed E-state index contributed by atoms with van der Waals surface area (Å²) >= 11 is 0. The van der Waals surface area contributed by atoms with Gasteiger partial charge in [0, 0.05) is 4.91 Å². The van der Waals surface area contributed by atoms with Crippen molar-refractivity contribution in [2.24, 2.45) is 0 Å². The van der Waals surface area contributed by atoms with Gasteiger partial charge in [-0.05, 0) is 34.7 Å². The Hall–Kier alpha value is -0.140. The molecule has 0 nitrogen and oxygen atoms in total. The lowest BCUT2D eigenvalue weighted by molar-refractivity contribution is 1.56. The van der Waals surface area contributed by atoms with Gasteiger partial charge < -0.3 is 0 Å². The molecule has 0 aliphatic rings. The van der Waals surface area contributed by atoms with Gasteiger partial charge in [0.1, 0.15) is 0 Å². The molecule has 0 aliphatic heterocycles. The van der Waals surface area contributed by atoms with E-state index in [9.17, 15) is 0 Å². The van der Waals surface area contributed by atoms with Crippen molar-refractivity contribution in [2.75, 3.05) is 0 Å². The quantitative estimate of drug-likeness (QED) is 0.570. The molecule has 0 radical (unpaired) electrons. The predicted octanol–water partition coefficient (Wildman–Crippen LogP) is 3.52. The molecule has 0 atom stereocenters. The van der Waals surface area contributed by atoms with Crippen molar-refractivity contribution in [2.45, 2.75) is 6.92 Å². The minimum atomic E-state index is 0.833. The van der Waals surface area contributed by atoms with Gasteiger partial charge in [-0.3, -0.25) is 0 Å². The first-order chi connectivity index (χ1) is 4.16. The van der Waals surface area contributed by atoms with Crippen LogP contribution in [-0.4, -0.2) is 0 Å². The van der Waals surface area contributed by atoms with Crippen molar-refractivity contribution in [3.63, 3.8) is 0 Å². The Kier molecular flexibility index (Phi) is 4.64.